The maximum atomic E-state index is 17.2. The quantitative estimate of drug-likeness (QED) is 0.115. The molecule has 5 saturated heterocycles. The summed E-state index contributed by atoms with van der Waals surface area (Å²) >= 11 is 0. The Labute approximate surface area is 405 Å². The summed E-state index contributed by atoms with van der Waals surface area (Å²) in [5.41, 5.74) is 3.64. The Balaban J connectivity index is 0.715. The van der Waals surface area contributed by atoms with Gasteiger partial charge in [-0.2, -0.15) is 15.1 Å². The fourth-order valence-corrected chi connectivity index (χ4v) is 12.5. The Morgan fingerprint density at radius 3 is 2.54 bits per heavy atom. The Kier molecular flexibility index (Phi) is 11.5. The Hall–Kier alpha value is -5.84. The van der Waals surface area contributed by atoms with Crippen LogP contribution in [-0.2, 0) is 27.8 Å². The standard InChI is InChI=1S/C54H61F2N9O5/c1-3-37-42(55)9-6-35-23-36(66)25-40(45(35)37)48-46(56)49-41(26-57-48)50(65-18-4-14-54(30-65)17-22-70-54)60-52(59-49)69-31-53(15-16-53)29-64-19-11-32(28-64)27-63-20-12-33(13-21-63)34-5-7-38-43(24-34)62(2)61-47(38)39-8-10-44(67)58-51(39)68/h5-7,9,23-26,32-33,39,66H,3-4,8,10-22,27-31H2,1-2H3,(H,58,67,68)/t32?,39?,54-/m0/s1. The molecule has 1 spiro atoms. The lowest BCUT2D eigenvalue weighted by Crippen LogP contribution is -2.56. The van der Waals surface area contributed by atoms with Crippen LogP contribution in [0.2, 0.25) is 0 Å². The monoisotopic (exact) mass is 953 g/mol. The molecule has 14 nitrogen and oxygen atoms in total. The number of hydrogen-bond donors (Lipinski definition) is 2. The van der Waals surface area contributed by atoms with E-state index in [9.17, 15) is 14.7 Å². The van der Waals surface area contributed by atoms with Crippen LogP contribution in [0.5, 0.6) is 11.8 Å². The van der Waals surface area contributed by atoms with E-state index >= 15 is 8.78 Å². The number of likely N-dealkylation sites (tertiary alicyclic amines) is 2. The number of aryl methyl sites for hydroxylation is 2. The third kappa shape index (κ3) is 8.32. The van der Waals surface area contributed by atoms with E-state index in [4.69, 9.17) is 24.5 Å². The van der Waals surface area contributed by atoms with Crippen LogP contribution in [0.25, 0.3) is 43.8 Å². The second kappa shape index (κ2) is 17.8. The molecule has 8 heterocycles. The minimum Gasteiger partial charge on any atom is -0.508 e. The van der Waals surface area contributed by atoms with Gasteiger partial charge in [-0.15, -0.1) is 0 Å². The van der Waals surface area contributed by atoms with Crippen molar-refractivity contribution in [1.29, 1.82) is 0 Å². The van der Waals surface area contributed by atoms with Gasteiger partial charge in [0.1, 0.15) is 28.6 Å². The van der Waals surface area contributed by atoms with E-state index in [1.807, 2.05) is 18.7 Å². The zero-order valence-electron chi connectivity index (χ0n) is 40.1. The van der Waals surface area contributed by atoms with Gasteiger partial charge in [0.25, 0.3) is 0 Å². The van der Waals surface area contributed by atoms with Crippen LogP contribution in [0.3, 0.4) is 0 Å². The first-order valence-electron chi connectivity index (χ1n) is 25.5. The van der Waals surface area contributed by atoms with Crippen LogP contribution >= 0.6 is 0 Å². The summed E-state index contributed by atoms with van der Waals surface area (Å²) < 4.78 is 47.0. The van der Waals surface area contributed by atoms with Gasteiger partial charge in [0.15, 0.2) is 5.82 Å². The van der Waals surface area contributed by atoms with E-state index in [2.05, 4.69) is 43.2 Å². The summed E-state index contributed by atoms with van der Waals surface area (Å²) in [4.78, 5) is 46.3. The number of nitrogens with one attached hydrogen (secondary N) is 1. The molecule has 5 aliphatic heterocycles. The molecule has 6 aromatic rings. The Bertz CT molecular complexity index is 3050. The van der Waals surface area contributed by atoms with Crippen LogP contribution in [-0.4, -0.2) is 123 Å². The number of carbonyl (C=O) groups is 2. The average molecular weight is 954 g/mol. The number of anilines is 1. The highest BCUT2D eigenvalue weighted by Crippen LogP contribution is 2.48. The van der Waals surface area contributed by atoms with E-state index in [1.165, 1.54) is 17.7 Å². The predicted octanol–water partition coefficient (Wildman–Crippen LogP) is 7.92. The summed E-state index contributed by atoms with van der Waals surface area (Å²) in [5.74, 6) is -0.368. The number of aromatic hydroxyl groups is 1. The van der Waals surface area contributed by atoms with Crippen LogP contribution in [0, 0.1) is 23.0 Å². The zero-order valence-corrected chi connectivity index (χ0v) is 40.1. The van der Waals surface area contributed by atoms with Crippen molar-refractivity contribution in [3.05, 3.63) is 77.1 Å². The van der Waals surface area contributed by atoms with Gasteiger partial charge >= 0.3 is 6.01 Å². The molecule has 6 fully saturated rings. The number of rotatable bonds is 12. The smallest absolute Gasteiger partial charge is 0.319 e. The highest BCUT2D eigenvalue weighted by molar-refractivity contribution is 6.03. The first-order valence-corrected chi connectivity index (χ1v) is 25.5. The van der Waals surface area contributed by atoms with Crippen molar-refractivity contribution in [2.75, 3.05) is 70.5 Å². The van der Waals surface area contributed by atoms with Gasteiger partial charge < -0.3 is 29.3 Å². The van der Waals surface area contributed by atoms with Crippen molar-refractivity contribution in [3.63, 3.8) is 0 Å². The molecule has 366 valence electrons. The lowest BCUT2D eigenvalue weighted by molar-refractivity contribution is -0.151. The number of nitrogens with zero attached hydrogens (tertiary/aromatic N) is 8. The molecule has 1 saturated carbocycles. The average Bonchev–Trinajstić information content (AvgIpc) is 3.85. The van der Waals surface area contributed by atoms with Gasteiger partial charge in [-0.1, -0.05) is 25.1 Å². The molecule has 12 rings (SSSR count). The van der Waals surface area contributed by atoms with E-state index in [1.54, 1.807) is 18.3 Å². The Morgan fingerprint density at radius 2 is 1.77 bits per heavy atom. The van der Waals surface area contributed by atoms with Crippen molar-refractivity contribution >= 4 is 50.2 Å². The summed E-state index contributed by atoms with van der Waals surface area (Å²) in [7, 11) is 1.93. The molecule has 2 amide bonds. The lowest BCUT2D eigenvalue weighted by atomic mass is 9.86. The molecule has 2 N–H and O–H groups in total. The molecule has 1 aliphatic carbocycles. The molecule has 3 aromatic heterocycles. The van der Waals surface area contributed by atoms with E-state index in [0.29, 0.717) is 77.4 Å². The fourth-order valence-electron chi connectivity index (χ4n) is 12.5. The maximum Gasteiger partial charge on any atom is 0.319 e. The topological polar surface area (TPSA) is 151 Å². The molecule has 3 atom stereocenters. The molecule has 3 aromatic carbocycles. The molecule has 2 unspecified atom stereocenters. The van der Waals surface area contributed by atoms with Crippen LogP contribution in [0.15, 0.2) is 48.7 Å². The summed E-state index contributed by atoms with van der Waals surface area (Å²) in [6.45, 7) is 10.6. The van der Waals surface area contributed by atoms with Gasteiger partial charge in [0.05, 0.1) is 41.3 Å². The number of carbonyl (C=O) groups excluding carboxylic acids is 2. The number of benzene rings is 3. The number of fused-ring (bicyclic) bond motifs is 3. The second-order valence-electron chi connectivity index (χ2n) is 21.3. The van der Waals surface area contributed by atoms with Crippen molar-refractivity contribution in [1.82, 2.24) is 39.8 Å². The number of halogens is 2. The molecule has 6 aliphatic rings. The number of piperidine rings is 3. The summed E-state index contributed by atoms with van der Waals surface area (Å²) in [6.07, 6.45) is 11.1. The van der Waals surface area contributed by atoms with Crippen LogP contribution in [0.4, 0.5) is 14.6 Å². The minimum absolute atomic E-state index is 0.0144. The van der Waals surface area contributed by atoms with Gasteiger partial charge in [0, 0.05) is 75.2 Å². The molecule has 0 radical (unpaired) electrons. The van der Waals surface area contributed by atoms with Crippen LogP contribution < -0.4 is 15.0 Å². The Morgan fingerprint density at radius 1 is 0.943 bits per heavy atom. The number of phenols is 1. The van der Waals surface area contributed by atoms with E-state index in [0.717, 1.165) is 120 Å². The minimum atomic E-state index is -0.669. The second-order valence-corrected chi connectivity index (χ2v) is 21.3. The number of phenolic OH excluding ortho intramolecular Hbond substituents is 1. The van der Waals surface area contributed by atoms with E-state index in [-0.39, 0.29) is 45.8 Å². The fraction of sp³-hybridized carbons (Fsp3) is 0.519. The highest BCUT2D eigenvalue weighted by atomic mass is 19.1. The van der Waals surface area contributed by atoms with Crippen molar-refractivity contribution in [2.45, 2.75) is 95.0 Å². The molecular weight excluding hydrogens is 893 g/mol. The SMILES string of the molecule is CCc1c(F)ccc2cc(O)cc(-c3ncc4c(N5CCC[C@]6(CCO6)C5)nc(OCC5(CN6CCC(CN7CCC(c8ccc9c(C%10CCC(=O)NC%10=O)nn(C)c9c8)CC7)C6)CC5)nc4c3F)c12. The van der Waals surface area contributed by atoms with Crippen molar-refractivity contribution < 1.29 is 33.0 Å². The molecule has 70 heavy (non-hydrogen) atoms. The number of ether oxygens (including phenoxy) is 2. The van der Waals surface area contributed by atoms with Gasteiger partial charge in [0.2, 0.25) is 11.8 Å². The van der Waals surface area contributed by atoms with E-state index < -0.39 is 17.6 Å². The van der Waals surface area contributed by atoms with Crippen molar-refractivity contribution in [2.24, 2.45) is 18.4 Å². The van der Waals surface area contributed by atoms with Gasteiger partial charge in [-0.05, 0) is 135 Å². The largest absolute Gasteiger partial charge is 0.508 e. The highest BCUT2D eigenvalue weighted by Gasteiger charge is 2.47. The first kappa shape index (κ1) is 45.3. The third-order valence-electron chi connectivity index (χ3n) is 16.7. The van der Waals surface area contributed by atoms with Crippen LogP contribution in [0.1, 0.15) is 99.8 Å². The number of hydrogen-bond acceptors (Lipinski definition) is 12. The van der Waals surface area contributed by atoms with Crippen molar-refractivity contribution in [3.8, 4) is 23.0 Å². The first-order chi connectivity index (χ1) is 33.9. The maximum absolute atomic E-state index is 17.2. The normalized spacial score (nSPS) is 24.3. The predicted molar refractivity (Wildman–Crippen MR) is 262 cm³/mol. The number of aromatic nitrogens is 5. The van der Waals surface area contributed by atoms with Gasteiger partial charge in [-0.25, -0.2) is 8.78 Å². The third-order valence-corrected chi connectivity index (χ3v) is 16.7. The molecular formula is C54H61F2N9O5. The number of imide groups is 1. The number of pyridine rings is 1. The molecule has 16 heteroatoms. The summed E-state index contributed by atoms with van der Waals surface area (Å²) in [5, 5.41) is 20.6. The summed E-state index contributed by atoms with van der Waals surface area (Å²) in [6, 6.07) is 12.7. The number of amides is 2. The van der Waals surface area contributed by atoms with Gasteiger partial charge in [-0.3, -0.25) is 24.6 Å². The lowest BCUT2D eigenvalue weighted by Gasteiger charge is -2.48. The zero-order chi connectivity index (χ0) is 47.9. The molecule has 0 bridgehead atoms.